The first-order chi connectivity index (χ1) is 9.10. The molecule has 0 saturated heterocycles. The maximum absolute atomic E-state index is 10.9. The average molecular weight is 260 g/mol. The molecule has 0 aliphatic rings. The molecule has 0 radical (unpaired) electrons. The largest absolute Gasteiger partial charge is 0.434 e. The third kappa shape index (κ3) is 2.95. The van der Waals surface area contributed by atoms with Crippen LogP contribution in [0.3, 0.4) is 0 Å². The topological polar surface area (TPSA) is 104 Å². The molecule has 0 bridgehead atoms. The Morgan fingerprint density at radius 2 is 2.26 bits per heavy atom. The summed E-state index contributed by atoms with van der Waals surface area (Å²) < 4.78 is 5.42. The van der Waals surface area contributed by atoms with Crippen molar-refractivity contribution in [1.29, 1.82) is 0 Å². The zero-order valence-corrected chi connectivity index (χ0v) is 10.2. The molecule has 0 atom stereocenters. The van der Waals surface area contributed by atoms with Crippen molar-refractivity contribution in [1.82, 2.24) is 9.97 Å². The normalized spacial score (nSPS) is 10.2. The number of hydrogen-bond acceptors (Lipinski definition) is 6. The Bertz CT molecular complexity index is 616. The predicted octanol–water partition coefficient (Wildman–Crippen LogP) is 2.32. The van der Waals surface area contributed by atoms with Gasteiger partial charge >= 0.3 is 11.6 Å². The molecule has 1 heterocycles. The third-order valence-corrected chi connectivity index (χ3v) is 2.47. The molecule has 0 aliphatic heterocycles. The van der Waals surface area contributed by atoms with Crippen LogP contribution in [-0.2, 0) is 6.42 Å². The number of nitrogen functional groups attached to an aromatic ring is 1. The van der Waals surface area contributed by atoms with Gasteiger partial charge in [0.05, 0.1) is 4.92 Å². The minimum absolute atomic E-state index is 0.0766. The van der Waals surface area contributed by atoms with Crippen LogP contribution in [0, 0.1) is 10.1 Å². The highest BCUT2D eigenvalue weighted by Gasteiger charge is 2.19. The van der Waals surface area contributed by atoms with Gasteiger partial charge in [-0.1, -0.05) is 19.1 Å². The van der Waals surface area contributed by atoms with Crippen molar-refractivity contribution in [3.63, 3.8) is 0 Å². The van der Waals surface area contributed by atoms with E-state index < -0.39 is 4.92 Å². The van der Waals surface area contributed by atoms with Crippen molar-refractivity contribution in [3.05, 3.63) is 46.1 Å². The van der Waals surface area contributed by atoms with Crippen LogP contribution in [0.25, 0.3) is 0 Å². The zero-order valence-electron chi connectivity index (χ0n) is 10.2. The number of hydrogen-bond donors (Lipinski definition) is 1. The maximum Gasteiger partial charge on any atom is 0.349 e. The Kier molecular flexibility index (Phi) is 3.56. The van der Waals surface area contributed by atoms with E-state index in [1.165, 1.54) is 0 Å². The molecule has 0 saturated carbocycles. The highest BCUT2D eigenvalue weighted by Crippen LogP contribution is 2.29. The number of nitro groups is 1. The third-order valence-electron chi connectivity index (χ3n) is 2.47. The molecule has 0 fully saturated rings. The summed E-state index contributed by atoms with van der Waals surface area (Å²) >= 11 is 0. The molecule has 2 aromatic rings. The van der Waals surface area contributed by atoms with Gasteiger partial charge in [0, 0.05) is 0 Å². The Hall–Kier alpha value is -2.70. The highest BCUT2D eigenvalue weighted by atomic mass is 16.6. The maximum atomic E-state index is 10.9. The number of nitrogens with two attached hydrogens (primary N) is 1. The monoisotopic (exact) mass is 260 g/mol. The second kappa shape index (κ2) is 5.30. The Morgan fingerprint density at radius 3 is 2.95 bits per heavy atom. The first kappa shape index (κ1) is 12.7. The minimum atomic E-state index is -0.613. The lowest BCUT2D eigenvalue weighted by Gasteiger charge is -2.06. The fourth-order valence-corrected chi connectivity index (χ4v) is 1.51. The van der Waals surface area contributed by atoms with Crippen molar-refractivity contribution in [2.75, 3.05) is 5.73 Å². The summed E-state index contributed by atoms with van der Waals surface area (Å²) in [6.07, 6.45) is 1.87. The fraction of sp³-hybridized carbons (Fsp3) is 0.167. The summed E-state index contributed by atoms with van der Waals surface area (Å²) in [7, 11) is 0. The number of ether oxygens (including phenoxy) is 1. The van der Waals surface area contributed by atoms with Crippen molar-refractivity contribution in [2.45, 2.75) is 13.3 Å². The van der Waals surface area contributed by atoms with E-state index in [2.05, 4.69) is 9.97 Å². The Balaban J connectivity index is 2.36. The lowest BCUT2D eigenvalue weighted by molar-refractivity contribution is -0.386. The van der Waals surface area contributed by atoms with Gasteiger partial charge in [0.25, 0.3) is 0 Å². The molecule has 0 amide bonds. The Morgan fingerprint density at radius 1 is 1.47 bits per heavy atom. The summed E-state index contributed by atoms with van der Waals surface area (Å²) in [5.41, 5.74) is 6.15. The predicted molar refractivity (Wildman–Crippen MR) is 69.0 cm³/mol. The standard InChI is InChI=1S/C12H12N4O3/c1-2-8-4-3-5-9(6-8)19-11-10(16(17)18)7-14-12(13)15-11/h3-7H,2H2,1H3,(H2,13,14,15). The molecular formula is C12H12N4O3. The van der Waals surface area contributed by atoms with E-state index in [4.69, 9.17) is 10.5 Å². The van der Waals surface area contributed by atoms with Crippen molar-refractivity contribution >= 4 is 11.6 Å². The van der Waals surface area contributed by atoms with Crippen LogP contribution >= 0.6 is 0 Å². The molecule has 0 spiro atoms. The molecule has 98 valence electrons. The first-order valence-corrected chi connectivity index (χ1v) is 5.64. The van der Waals surface area contributed by atoms with Gasteiger partial charge in [0.1, 0.15) is 11.9 Å². The minimum Gasteiger partial charge on any atom is -0.434 e. The quantitative estimate of drug-likeness (QED) is 0.668. The van der Waals surface area contributed by atoms with Crippen LogP contribution in [-0.4, -0.2) is 14.9 Å². The summed E-state index contributed by atoms with van der Waals surface area (Å²) in [5.74, 6) is 0.235. The van der Waals surface area contributed by atoms with Gasteiger partial charge in [0.2, 0.25) is 5.95 Å². The van der Waals surface area contributed by atoms with Crippen LogP contribution in [0.2, 0.25) is 0 Å². The summed E-state index contributed by atoms with van der Waals surface area (Å²) in [4.78, 5) is 17.6. The Labute approximate surface area is 109 Å². The summed E-state index contributed by atoms with van der Waals surface area (Å²) in [6, 6.07) is 7.24. The van der Waals surface area contributed by atoms with Gasteiger partial charge < -0.3 is 10.5 Å². The van der Waals surface area contributed by atoms with Crippen molar-refractivity contribution in [2.24, 2.45) is 0 Å². The molecular weight excluding hydrogens is 248 g/mol. The number of rotatable bonds is 4. The van der Waals surface area contributed by atoms with Gasteiger partial charge in [-0.15, -0.1) is 0 Å². The number of benzene rings is 1. The van der Waals surface area contributed by atoms with Crippen molar-refractivity contribution in [3.8, 4) is 11.6 Å². The SMILES string of the molecule is CCc1cccc(Oc2nc(N)ncc2[N+](=O)[O-])c1. The smallest absolute Gasteiger partial charge is 0.349 e. The second-order valence-electron chi connectivity index (χ2n) is 3.78. The van der Waals surface area contributed by atoms with Crippen LogP contribution in [0.15, 0.2) is 30.5 Å². The van der Waals surface area contributed by atoms with E-state index in [-0.39, 0.29) is 17.5 Å². The second-order valence-corrected chi connectivity index (χ2v) is 3.78. The van der Waals surface area contributed by atoms with E-state index >= 15 is 0 Å². The molecule has 19 heavy (non-hydrogen) atoms. The van der Waals surface area contributed by atoms with Crippen LogP contribution < -0.4 is 10.5 Å². The number of aryl methyl sites for hydroxylation is 1. The summed E-state index contributed by atoms with van der Waals surface area (Å²) in [5, 5.41) is 10.9. The molecule has 0 aliphatic carbocycles. The van der Waals surface area contributed by atoms with E-state index in [0.717, 1.165) is 18.2 Å². The molecule has 0 unspecified atom stereocenters. The van der Waals surface area contributed by atoms with Crippen LogP contribution in [0.5, 0.6) is 11.6 Å². The molecule has 1 aromatic heterocycles. The molecule has 2 N–H and O–H groups in total. The lowest BCUT2D eigenvalue weighted by atomic mass is 10.2. The number of aromatic nitrogens is 2. The molecule has 2 rings (SSSR count). The first-order valence-electron chi connectivity index (χ1n) is 5.64. The van der Waals surface area contributed by atoms with E-state index in [0.29, 0.717) is 5.75 Å². The van der Waals surface area contributed by atoms with E-state index in [9.17, 15) is 10.1 Å². The van der Waals surface area contributed by atoms with E-state index in [1.54, 1.807) is 12.1 Å². The van der Waals surface area contributed by atoms with E-state index in [1.807, 2.05) is 19.1 Å². The highest BCUT2D eigenvalue weighted by molar-refractivity contribution is 5.44. The van der Waals surface area contributed by atoms with Gasteiger partial charge in [-0.25, -0.2) is 4.98 Å². The average Bonchev–Trinajstić information content (AvgIpc) is 2.38. The summed E-state index contributed by atoms with van der Waals surface area (Å²) in [6.45, 7) is 2.00. The number of nitrogens with zero attached hydrogens (tertiary/aromatic N) is 3. The van der Waals surface area contributed by atoms with Gasteiger partial charge in [-0.2, -0.15) is 4.98 Å². The van der Waals surface area contributed by atoms with Crippen LogP contribution in [0.1, 0.15) is 12.5 Å². The van der Waals surface area contributed by atoms with Crippen molar-refractivity contribution < 1.29 is 9.66 Å². The van der Waals surface area contributed by atoms with Gasteiger partial charge in [-0.3, -0.25) is 10.1 Å². The van der Waals surface area contributed by atoms with Gasteiger partial charge in [-0.05, 0) is 24.1 Å². The van der Waals surface area contributed by atoms with Crippen LogP contribution in [0.4, 0.5) is 11.6 Å². The number of anilines is 1. The molecule has 7 nitrogen and oxygen atoms in total. The zero-order chi connectivity index (χ0) is 13.8. The van der Waals surface area contributed by atoms with Gasteiger partial charge in [0.15, 0.2) is 0 Å². The lowest BCUT2D eigenvalue weighted by Crippen LogP contribution is -2.01. The fourth-order valence-electron chi connectivity index (χ4n) is 1.51. The molecule has 1 aromatic carbocycles. The molecule has 7 heteroatoms.